The molecule has 0 aliphatic carbocycles. The molecule has 0 saturated heterocycles. The van der Waals surface area contributed by atoms with Gasteiger partial charge in [-0.05, 0) is 41.5 Å². The highest BCUT2D eigenvalue weighted by atomic mass is 32.2. The molecule has 0 aromatic heterocycles. The van der Waals surface area contributed by atoms with E-state index in [0.29, 0.717) is 22.6 Å². The van der Waals surface area contributed by atoms with Gasteiger partial charge in [-0.3, -0.25) is 0 Å². The van der Waals surface area contributed by atoms with E-state index in [1.165, 1.54) is 30.3 Å². The van der Waals surface area contributed by atoms with E-state index in [1.807, 2.05) is 0 Å². The number of carbonyl (C=O) groups is 1. The lowest BCUT2D eigenvalue weighted by molar-refractivity contribution is -0.130. The van der Waals surface area contributed by atoms with E-state index in [-0.39, 0.29) is 17.3 Å². The third kappa shape index (κ3) is 3.24. The van der Waals surface area contributed by atoms with Crippen LogP contribution in [-0.4, -0.2) is 26.3 Å². The van der Waals surface area contributed by atoms with E-state index in [4.69, 9.17) is 14.6 Å². The first-order valence-corrected chi connectivity index (χ1v) is 8.37. The smallest absolute Gasteiger partial charge is 0.336 e. The van der Waals surface area contributed by atoms with Gasteiger partial charge in [-0.15, -0.1) is 0 Å². The number of sulfonamides is 1. The van der Waals surface area contributed by atoms with Gasteiger partial charge >= 0.3 is 5.97 Å². The van der Waals surface area contributed by atoms with Gasteiger partial charge < -0.3 is 14.6 Å². The maximum Gasteiger partial charge on any atom is 0.336 e. The molecule has 3 N–H and O–H groups in total. The first-order chi connectivity index (χ1) is 11.3. The number of ether oxygens (including phenoxy) is 2. The molecule has 0 bridgehead atoms. The predicted octanol–water partition coefficient (Wildman–Crippen LogP) is 1.69. The summed E-state index contributed by atoms with van der Waals surface area (Å²) in [6.45, 7) is 0.128. The molecule has 0 radical (unpaired) electrons. The highest BCUT2D eigenvalue weighted by Gasteiger charge is 2.16. The lowest BCUT2D eigenvalue weighted by atomic mass is 10.0. The van der Waals surface area contributed by atoms with Crippen molar-refractivity contribution in [1.29, 1.82) is 0 Å². The monoisotopic (exact) mass is 347 g/mol. The van der Waals surface area contributed by atoms with Crippen LogP contribution in [0, 0.1) is 0 Å². The Morgan fingerprint density at radius 2 is 1.75 bits per heavy atom. The Morgan fingerprint density at radius 1 is 1.08 bits per heavy atom. The van der Waals surface area contributed by atoms with E-state index < -0.39 is 16.0 Å². The number of benzene rings is 2. The molecule has 1 aliphatic heterocycles. The van der Waals surface area contributed by atoms with E-state index >= 15 is 0 Å². The zero-order valence-corrected chi connectivity index (χ0v) is 13.1. The van der Waals surface area contributed by atoms with Crippen LogP contribution in [0.3, 0.4) is 0 Å². The topological polar surface area (TPSA) is 116 Å². The van der Waals surface area contributed by atoms with Crippen LogP contribution in [0.5, 0.6) is 11.5 Å². The number of aliphatic carboxylic acids is 1. The number of primary sulfonamides is 1. The van der Waals surface area contributed by atoms with Gasteiger partial charge in [0.15, 0.2) is 11.5 Å². The van der Waals surface area contributed by atoms with Crippen LogP contribution < -0.4 is 14.6 Å². The van der Waals surface area contributed by atoms with Crippen LogP contribution in [0.25, 0.3) is 11.6 Å². The molecule has 2 aromatic rings. The SMILES string of the molecule is NS(=O)(=O)c1ccc(/C(=C\c2ccc3c(c2)OCO3)C(=O)O)cc1. The van der Waals surface area contributed by atoms with Gasteiger partial charge in [-0.1, -0.05) is 18.2 Å². The van der Waals surface area contributed by atoms with Crippen LogP contribution in [0.2, 0.25) is 0 Å². The molecular weight excluding hydrogens is 334 g/mol. The largest absolute Gasteiger partial charge is 0.478 e. The quantitative estimate of drug-likeness (QED) is 0.642. The van der Waals surface area contributed by atoms with Gasteiger partial charge in [0.2, 0.25) is 16.8 Å². The van der Waals surface area contributed by atoms with Crippen molar-refractivity contribution >= 4 is 27.6 Å². The van der Waals surface area contributed by atoms with Crippen molar-refractivity contribution in [1.82, 2.24) is 0 Å². The lowest BCUT2D eigenvalue weighted by Gasteiger charge is -2.05. The molecule has 0 fully saturated rings. The second-order valence-electron chi connectivity index (χ2n) is 5.05. The molecule has 1 aliphatic rings. The molecule has 1 heterocycles. The number of fused-ring (bicyclic) bond motifs is 1. The van der Waals surface area contributed by atoms with Gasteiger partial charge in [0.05, 0.1) is 10.5 Å². The minimum Gasteiger partial charge on any atom is -0.478 e. The Kier molecular flexibility index (Phi) is 4.00. The summed E-state index contributed by atoms with van der Waals surface area (Å²) in [5, 5.41) is 14.5. The Bertz CT molecular complexity index is 932. The molecule has 0 saturated carbocycles. The fraction of sp³-hybridized carbons (Fsp3) is 0.0625. The molecule has 0 amide bonds. The van der Waals surface area contributed by atoms with E-state index in [1.54, 1.807) is 18.2 Å². The molecule has 7 nitrogen and oxygen atoms in total. The summed E-state index contributed by atoms with van der Waals surface area (Å²) in [5.41, 5.74) is 0.981. The lowest BCUT2D eigenvalue weighted by Crippen LogP contribution is -2.12. The van der Waals surface area contributed by atoms with Gasteiger partial charge in [0.1, 0.15) is 0 Å². The minimum atomic E-state index is -3.83. The summed E-state index contributed by atoms with van der Waals surface area (Å²) in [6, 6.07) is 10.4. The van der Waals surface area contributed by atoms with Gasteiger partial charge in [-0.25, -0.2) is 18.4 Å². The van der Waals surface area contributed by atoms with Gasteiger partial charge in [0.25, 0.3) is 0 Å². The average Bonchev–Trinajstić information content (AvgIpc) is 2.99. The number of carboxylic acid groups (broad SMARTS) is 1. The Morgan fingerprint density at radius 3 is 2.38 bits per heavy atom. The molecular formula is C16H13NO6S. The van der Waals surface area contributed by atoms with Crippen molar-refractivity contribution < 1.29 is 27.8 Å². The third-order valence-corrected chi connectivity index (χ3v) is 4.36. The van der Waals surface area contributed by atoms with Crippen LogP contribution >= 0.6 is 0 Å². The Balaban J connectivity index is 1.99. The molecule has 24 heavy (non-hydrogen) atoms. The van der Waals surface area contributed by atoms with Crippen molar-refractivity contribution in [2.45, 2.75) is 4.90 Å². The average molecular weight is 347 g/mol. The van der Waals surface area contributed by atoms with Crippen molar-refractivity contribution in [3.8, 4) is 11.5 Å². The molecule has 124 valence electrons. The van der Waals surface area contributed by atoms with Crippen LogP contribution in [0.15, 0.2) is 47.4 Å². The van der Waals surface area contributed by atoms with Crippen molar-refractivity contribution in [2.24, 2.45) is 5.14 Å². The predicted molar refractivity (Wildman–Crippen MR) is 85.9 cm³/mol. The number of rotatable bonds is 4. The van der Waals surface area contributed by atoms with Crippen LogP contribution in [-0.2, 0) is 14.8 Å². The standard InChI is InChI=1S/C16H13NO6S/c17-24(20,21)12-4-2-11(3-5-12)13(16(18)19)7-10-1-6-14-15(8-10)23-9-22-14/h1-8H,9H2,(H,18,19)(H2,17,20,21)/b13-7+. The van der Waals surface area contributed by atoms with Crippen LogP contribution in [0.4, 0.5) is 0 Å². The highest BCUT2D eigenvalue weighted by Crippen LogP contribution is 2.33. The fourth-order valence-corrected chi connectivity index (χ4v) is 2.78. The third-order valence-electron chi connectivity index (χ3n) is 3.43. The molecule has 0 spiro atoms. The van der Waals surface area contributed by atoms with Crippen molar-refractivity contribution in [3.63, 3.8) is 0 Å². The summed E-state index contributed by atoms with van der Waals surface area (Å²) in [6.07, 6.45) is 1.47. The summed E-state index contributed by atoms with van der Waals surface area (Å²) in [4.78, 5) is 11.5. The zero-order valence-electron chi connectivity index (χ0n) is 12.3. The van der Waals surface area contributed by atoms with E-state index in [2.05, 4.69) is 0 Å². The molecule has 0 atom stereocenters. The van der Waals surface area contributed by atoms with Gasteiger partial charge in [0, 0.05) is 0 Å². The summed E-state index contributed by atoms with van der Waals surface area (Å²) < 4.78 is 33.0. The second-order valence-corrected chi connectivity index (χ2v) is 6.61. The number of hydrogen-bond donors (Lipinski definition) is 2. The van der Waals surface area contributed by atoms with Crippen molar-refractivity contribution in [2.75, 3.05) is 6.79 Å². The number of hydrogen-bond acceptors (Lipinski definition) is 5. The zero-order chi connectivity index (χ0) is 17.3. The maximum atomic E-state index is 11.6. The summed E-state index contributed by atoms with van der Waals surface area (Å²) >= 11 is 0. The maximum absolute atomic E-state index is 11.6. The van der Waals surface area contributed by atoms with E-state index in [0.717, 1.165) is 0 Å². The first-order valence-electron chi connectivity index (χ1n) is 6.82. The molecule has 8 heteroatoms. The first kappa shape index (κ1) is 16.0. The van der Waals surface area contributed by atoms with E-state index in [9.17, 15) is 18.3 Å². The fourth-order valence-electron chi connectivity index (χ4n) is 2.26. The summed E-state index contributed by atoms with van der Waals surface area (Å²) in [5.74, 6) is -0.00406. The summed E-state index contributed by atoms with van der Waals surface area (Å²) in [7, 11) is -3.83. The molecule has 2 aromatic carbocycles. The van der Waals surface area contributed by atoms with Crippen molar-refractivity contribution in [3.05, 3.63) is 53.6 Å². The minimum absolute atomic E-state index is 0.00911. The molecule has 0 unspecified atom stereocenters. The second kappa shape index (κ2) is 5.99. The Labute approximate surface area is 138 Å². The molecule has 3 rings (SSSR count). The Hall–Kier alpha value is -2.84. The van der Waals surface area contributed by atoms with Gasteiger partial charge in [-0.2, -0.15) is 0 Å². The van der Waals surface area contributed by atoms with Crippen LogP contribution in [0.1, 0.15) is 11.1 Å². The number of carboxylic acids is 1. The normalized spacial score (nSPS) is 13.8. The number of nitrogens with two attached hydrogens (primary N) is 1. The highest BCUT2D eigenvalue weighted by molar-refractivity contribution is 7.89.